The van der Waals surface area contributed by atoms with Gasteiger partial charge < -0.3 is 5.11 Å². The predicted octanol–water partition coefficient (Wildman–Crippen LogP) is 3.24. The summed E-state index contributed by atoms with van der Waals surface area (Å²) in [5, 5.41) is 9.65. The first kappa shape index (κ1) is 18.6. The molecule has 130 valence electrons. The summed E-state index contributed by atoms with van der Waals surface area (Å²) in [6, 6.07) is 8.43. The van der Waals surface area contributed by atoms with Crippen LogP contribution < -0.4 is 4.72 Å². The standard InChI is InChI=1S/C19H25NO3S/c1-12-13(2)15(4)19(16(5)14(12)3)24(22,23)20-18(11-21)17-9-7-6-8-10-17/h6-10,18,20-21H,11H2,1-5H3. The third-order valence-electron chi connectivity index (χ3n) is 4.88. The van der Waals surface area contributed by atoms with Gasteiger partial charge in [0.1, 0.15) is 0 Å². The number of nitrogens with one attached hydrogen (secondary N) is 1. The number of hydrogen-bond acceptors (Lipinski definition) is 3. The number of hydrogen-bond donors (Lipinski definition) is 2. The fourth-order valence-corrected chi connectivity index (χ4v) is 4.83. The maximum atomic E-state index is 13.0. The Labute approximate surface area is 144 Å². The molecule has 0 aliphatic rings. The monoisotopic (exact) mass is 347 g/mol. The van der Waals surface area contributed by atoms with Crippen molar-refractivity contribution in [1.29, 1.82) is 0 Å². The van der Waals surface area contributed by atoms with Crippen LogP contribution in [0.5, 0.6) is 0 Å². The molecule has 1 unspecified atom stereocenters. The molecule has 1 atom stereocenters. The Bertz CT molecular complexity index is 814. The maximum absolute atomic E-state index is 13.0. The Balaban J connectivity index is 2.52. The molecular weight excluding hydrogens is 322 g/mol. The van der Waals surface area contributed by atoms with E-state index in [4.69, 9.17) is 0 Å². The van der Waals surface area contributed by atoms with E-state index in [0.717, 1.165) is 33.4 Å². The number of benzene rings is 2. The minimum absolute atomic E-state index is 0.300. The highest BCUT2D eigenvalue weighted by Crippen LogP contribution is 2.30. The minimum atomic E-state index is -3.75. The number of aliphatic hydroxyl groups is 1. The van der Waals surface area contributed by atoms with E-state index in [0.29, 0.717) is 4.90 Å². The summed E-state index contributed by atoms with van der Waals surface area (Å²) in [7, 11) is -3.75. The van der Waals surface area contributed by atoms with Crippen LogP contribution in [0.1, 0.15) is 39.4 Å². The minimum Gasteiger partial charge on any atom is -0.394 e. The first-order valence-electron chi connectivity index (χ1n) is 7.95. The molecule has 2 N–H and O–H groups in total. The molecule has 0 saturated heterocycles. The highest BCUT2D eigenvalue weighted by molar-refractivity contribution is 7.89. The van der Waals surface area contributed by atoms with Gasteiger partial charge in [-0.2, -0.15) is 0 Å². The van der Waals surface area contributed by atoms with E-state index in [1.54, 1.807) is 12.1 Å². The summed E-state index contributed by atoms with van der Waals surface area (Å²) in [5.41, 5.74) is 5.34. The van der Waals surface area contributed by atoms with Gasteiger partial charge in [0.15, 0.2) is 0 Å². The molecule has 0 spiro atoms. The van der Waals surface area contributed by atoms with Crippen LogP contribution in [0.2, 0.25) is 0 Å². The molecule has 5 heteroatoms. The molecule has 4 nitrogen and oxygen atoms in total. The lowest BCUT2D eigenvalue weighted by Crippen LogP contribution is -2.32. The SMILES string of the molecule is Cc1c(C)c(C)c(S(=O)(=O)NC(CO)c2ccccc2)c(C)c1C. The van der Waals surface area contributed by atoms with Gasteiger partial charge in [-0.15, -0.1) is 0 Å². The molecule has 24 heavy (non-hydrogen) atoms. The molecule has 0 amide bonds. The van der Waals surface area contributed by atoms with Crippen LogP contribution in [0, 0.1) is 34.6 Å². The van der Waals surface area contributed by atoms with Crippen molar-refractivity contribution in [2.75, 3.05) is 6.61 Å². The topological polar surface area (TPSA) is 66.4 Å². The molecule has 0 radical (unpaired) electrons. The van der Waals surface area contributed by atoms with Gasteiger partial charge in [0, 0.05) is 0 Å². The van der Waals surface area contributed by atoms with Crippen LogP contribution in [0.15, 0.2) is 35.2 Å². The first-order chi connectivity index (χ1) is 11.2. The zero-order chi connectivity index (χ0) is 18.1. The molecule has 0 bridgehead atoms. The highest BCUT2D eigenvalue weighted by atomic mass is 32.2. The van der Waals surface area contributed by atoms with Crippen molar-refractivity contribution in [2.24, 2.45) is 0 Å². The molecule has 0 saturated carbocycles. The van der Waals surface area contributed by atoms with E-state index < -0.39 is 16.1 Å². The van der Waals surface area contributed by atoms with E-state index in [9.17, 15) is 13.5 Å². The fourth-order valence-electron chi connectivity index (χ4n) is 3.01. The third kappa shape index (κ3) is 3.38. The van der Waals surface area contributed by atoms with Gasteiger partial charge in [0.2, 0.25) is 10.0 Å². The second-order valence-electron chi connectivity index (χ2n) is 6.22. The Morgan fingerprint density at radius 1 is 0.875 bits per heavy atom. The van der Waals surface area contributed by atoms with Gasteiger partial charge in [-0.25, -0.2) is 13.1 Å². The van der Waals surface area contributed by atoms with Gasteiger partial charge in [0.25, 0.3) is 0 Å². The quantitative estimate of drug-likeness (QED) is 0.872. The van der Waals surface area contributed by atoms with Crippen LogP contribution >= 0.6 is 0 Å². The fraction of sp³-hybridized carbons (Fsp3) is 0.368. The summed E-state index contributed by atoms with van der Waals surface area (Å²) in [5.74, 6) is 0. The lowest BCUT2D eigenvalue weighted by molar-refractivity contribution is 0.259. The molecule has 0 heterocycles. The second kappa shape index (κ2) is 7.05. The van der Waals surface area contributed by atoms with Crippen molar-refractivity contribution >= 4 is 10.0 Å². The third-order valence-corrected chi connectivity index (χ3v) is 6.63. The van der Waals surface area contributed by atoms with Crippen molar-refractivity contribution in [1.82, 2.24) is 4.72 Å². The Hall–Kier alpha value is -1.69. The van der Waals surface area contributed by atoms with Crippen molar-refractivity contribution < 1.29 is 13.5 Å². The van der Waals surface area contributed by atoms with Crippen molar-refractivity contribution in [3.8, 4) is 0 Å². The molecule has 0 aliphatic heterocycles. The molecule has 0 aliphatic carbocycles. The average molecular weight is 347 g/mol. The normalized spacial score (nSPS) is 13.1. The average Bonchev–Trinajstić information content (AvgIpc) is 2.57. The predicted molar refractivity (Wildman–Crippen MR) is 96.7 cm³/mol. The van der Waals surface area contributed by atoms with E-state index in [2.05, 4.69) is 4.72 Å². The molecule has 2 aromatic carbocycles. The van der Waals surface area contributed by atoms with Crippen molar-refractivity contribution in [3.05, 3.63) is 63.7 Å². The molecule has 2 rings (SSSR count). The van der Waals surface area contributed by atoms with E-state index >= 15 is 0 Å². The summed E-state index contributed by atoms with van der Waals surface area (Å²) in [6.45, 7) is 9.26. The summed E-state index contributed by atoms with van der Waals surface area (Å²) >= 11 is 0. The first-order valence-corrected chi connectivity index (χ1v) is 9.44. The molecular formula is C19H25NO3S. The van der Waals surface area contributed by atoms with Crippen molar-refractivity contribution in [3.63, 3.8) is 0 Å². The smallest absolute Gasteiger partial charge is 0.241 e. The summed E-state index contributed by atoms with van der Waals surface area (Å²) in [6.07, 6.45) is 0. The zero-order valence-corrected chi connectivity index (χ0v) is 15.7. The Morgan fingerprint density at radius 2 is 1.33 bits per heavy atom. The van der Waals surface area contributed by atoms with E-state index in [-0.39, 0.29) is 6.61 Å². The van der Waals surface area contributed by atoms with Crippen molar-refractivity contribution in [2.45, 2.75) is 45.6 Å². The van der Waals surface area contributed by atoms with Gasteiger partial charge in [-0.1, -0.05) is 30.3 Å². The van der Waals surface area contributed by atoms with Crippen LogP contribution in [-0.4, -0.2) is 20.1 Å². The number of rotatable bonds is 5. The van der Waals surface area contributed by atoms with Crippen LogP contribution in [0.25, 0.3) is 0 Å². The lowest BCUT2D eigenvalue weighted by atomic mass is 9.95. The Kier molecular flexibility index (Phi) is 5.48. The molecule has 2 aromatic rings. The van der Waals surface area contributed by atoms with Crippen LogP contribution in [0.3, 0.4) is 0 Å². The summed E-state index contributed by atoms with van der Waals surface area (Å²) in [4.78, 5) is 0.317. The van der Waals surface area contributed by atoms with Crippen LogP contribution in [0.4, 0.5) is 0 Å². The van der Waals surface area contributed by atoms with Gasteiger partial charge in [0.05, 0.1) is 17.5 Å². The largest absolute Gasteiger partial charge is 0.394 e. The van der Waals surface area contributed by atoms with Gasteiger partial charge >= 0.3 is 0 Å². The Morgan fingerprint density at radius 3 is 1.79 bits per heavy atom. The number of sulfonamides is 1. The summed E-state index contributed by atoms with van der Waals surface area (Å²) < 4.78 is 28.7. The van der Waals surface area contributed by atoms with Gasteiger partial charge in [-0.3, -0.25) is 0 Å². The second-order valence-corrected chi connectivity index (χ2v) is 7.87. The lowest BCUT2D eigenvalue weighted by Gasteiger charge is -2.22. The van der Waals surface area contributed by atoms with E-state index in [1.165, 1.54) is 0 Å². The zero-order valence-electron chi connectivity index (χ0n) is 14.8. The van der Waals surface area contributed by atoms with Crippen LogP contribution in [-0.2, 0) is 10.0 Å². The molecule has 0 fully saturated rings. The van der Waals surface area contributed by atoms with Gasteiger partial charge in [-0.05, 0) is 68.0 Å². The maximum Gasteiger partial charge on any atom is 0.241 e. The molecule has 0 aromatic heterocycles. The van der Waals surface area contributed by atoms with E-state index in [1.807, 2.05) is 52.8 Å². The highest BCUT2D eigenvalue weighted by Gasteiger charge is 2.26. The number of aliphatic hydroxyl groups excluding tert-OH is 1.